The van der Waals surface area contributed by atoms with Gasteiger partial charge in [0.25, 0.3) is 5.01 Å². The van der Waals surface area contributed by atoms with Crippen LogP contribution in [0.25, 0.3) is 10.2 Å². The van der Waals surface area contributed by atoms with Crippen LogP contribution in [0.5, 0.6) is 0 Å². The SMILES string of the molecule is CO[s+]1c(C)nc2ccccc21. The van der Waals surface area contributed by atoms with E-state index in [0.29, 0.717) is 0 Å². The highest BCUT2D eigenvalue weighted by Crippen LogP contribution is 2.30. The molecule has 1 heterocycles. The molecule has 62 valence electrons. The van der Waals surface area contributed by atoms with E-state index in [0.717, 1.165) is 10.5 Å². The molecule has 1 aromatic carbocycles. The molecule has 0 bridgehead atoms. The molecule has 0 saturated heterocycles. The van der Waals surface area contributed by atoms with Crippen LogP contribution in [0.15, 0.2) is 24.3 Å². The van der Waals surface area contributed by atoms with Gasteiger partial charge in [0.05, 0.1) is 7.11 Å². The minimum absolute atomic E-state index is 0.204. The first-order valence-corrected chi connectivity index (χ1v) is 4.91. The zero-order valence-electron chi connectivity index (χ0n) is 7.07. The molecule has 0 aliphatic carbocycles. The number of para-hydroxylation sites is 1. The van der Waals surface area contributed by atoms with Gasteiger partial charge in [0, 0.05) is 13.0 Å². The number of rotatable bonds is 1. The Balaban J connectivity index is 2.81. The lowest BCUT2D eigenvalue weighted by molar-refractivity contribution is 0.550. The van der Waals surface area contributed by atoms with E-state index in [4.69, 9.17) is 4.18 Å². The summed E-state index contributed by atoms with van der Waals surface area (Å²) >= 11 is 0. The summed E-state index contributed by atoms with van der Waals surface area (Å²) in [6, 6.07) is 8.11. The highest BCUT2D eigenvalue weighted by Gasteiger charge is 2.18. The molecule has 1 aromatic heterocycles. The van der Waals surface area contributed by atoms with Crippen molar-refractivity contribution in [3.63, 3.8) is 0 Å². The van der Waals surface area contributed by atoms with Gasteiger partial charge in [-0.3, -0.25) is 0 Å². The van der Waals surface area contributed by atoms with Crippen LogP contribution in [0.2, 0.25) is 0 Å². The second kappa shape index (κ2) is 2.84. The van der Waals surface area contributed by atoms with E-state index in [-0.39, 0.29) is 10.8 Å². The molecule has 0 amide bonds. The van der Waals surface area contributed by atoms with E-state index in [9.17, 15) is 0 Å². The van der Waals surface area contributed by atoms with Gasteiger partial charge in [-0.15, -0.1) is 0 Å². The first-order chi connectivity index (χ1) is 5.83. The molecule has 2 aromatic rings. The summed E-state index contributed by atoms with van der Waals surface area (Å²) in [4.78, 5) is 4.41. The highest BCUT2D eigenvalue weighted by atomic mass is 32.2. The molecule has 2 nitrogen and oxygen atoms in total. The summed E-state index contributed by atoms with van der Waals surface area (Å²) < 4.78 is 6.55. The predicted molar refractivity (Wildman–Crippen MR) is 51.5 cm³/mol. The van der Waals surface area contributed by atoms with Gasteiger partial charge in [0.2, 0.25) is 4.70 Å². The van der Waals surface area contributed by atoms with Gasteiger partial charge in [0.1, 0.15) is 5.52 Å². The molecule has 1 atom stereocenters. The number of fused-ring (bicyclic) bond motifs is 1. The number of aromatic nitrogens is 1. The third kappa shape index (κ3) is 1.02. The fourth-order valence-corrected chi connectivity index (χ4v) is 2.71. The molecule has 0 N–H and O–H groups in total. The Kier molecular flexibility index (Phi) is 1.83. The summed E-state index contributed by atoms with van der Waals surface area (Å²) in [5, 5.41) is 1.07. The fourth-order valence-electron chi connectivity index (χ4n) is 1.29. The topological polar surface area (TPSA) is 22.1 Å². The average molecular weight is 180 g/mol. The van der Waals surface area contributed by atoms with E-state index in [1.54, 1.807) is 7.11 Å². The van der Waals surface area contributed by atoms with Crippen LogP contribution < -0.4 is 4.18 Å². The van der Waals surface area contributed by atoms with Gasteiger partial charge in [-0.25, -0.2) is 0 Å². The molecule has 0 aliphatic heterocycles. The van der Waals surface area contributed by atoms with Crippen molar-refractivity contribution in [2.45, 2.75) is 6.92 Å². The van der Waals surface area contributed by atoms with Crippen molar-refractivity contribution in [2.24, 2.45) is 0 Å². The molecule has 0 saturated carbocycles. The molecule has 0 spiro atoms. The van der Waals surface area contributed by atoms with Gasteiger partial charge in [-0.2, -0.15) is 9.17 Å². The minimum atomic E-state index is -0.204. The van der Waals surface area contributed by atoms with Gasteiger partial charge >= 0.3 is 0 Å². The summed E-state index contributed by atoms with van der Waals surface area (Å²) in [5.74, 6) is 0. The summed E-state index contributed by atoms with van der Waals surface area (Å²) in [6.07, 6.45) is 0. The maximum absolute atomic E-state index is 5.35. The van der Waals surface area contributed by atoms with Crippen LogP contribution in [0.1, 0.15) is 5.01 Å². The van der Waals surface area contributed by atoms with Crippen LogP contribution in [0.3, 0.4) is 0 Å². The van der Waals surface area contributed by atoms with Crippen molar-refractivity contribution < 1.29 is 4.18 Å². The molecule has 0 fully saturated rings. The van der Waals surface area contributed by atoms with Gasteiger partial charge in [-0.1, -0.05) is 12.1 Å². The predicted octanol–water partition coefficient (Wildman–Crippen LogP) is 2.35. The van der Waals surface area contributed by atoms with Crippen molar-refractivity contribution in [3.8, 4) is 0 Å². The Hall–Kier alpha value is -0.930. The van der Waals surface area contributed by atoms with Crippen LogP contribution >= 0.6 is 10.8 Å². The molecule has 0 aliphatic rings. The molecule has 3 heteroatoms. The molecular weight excluding hydrogens is 170 g/mol. The van der Waals surface area contributed by atoms with Crippen molar-refractivity contribution in [1.82, 2.24) is 4.98 Å². The maximum atomic E-state index is 5.35. The van der Waals surface area contributed by atoms with Crippen LogP contribution in [0, 0.1) is 6.92 Å². The number of hydrogen-bond acceptors (Lipinski definition) is 2. The van der Waals surface area contributed by atoms with E-state index in [1.165, 1.54) is 4.70 Å². The number of hydrogen-bond donors (Lipinski definition) is 0. The lowest BCUT2D eigenvalue weighted by atomic mass is 10.3. The molecule has 0 radical (unpaired) electrons. The van der Waals surface area contributed by atoms with Crippen molar-refractivity contribution in [1.29, 1.82) is 0 Å². The van der Waals surface area contributed by atoms with Crippen molar-refractivity contribution in [3.05, 3.63) is 29.3 Å². The second-order valence-electron chi connectivity index (χ2n) is 2.53. The van der Waals surface area contributed by atoms with E-state index in [2.05, 4.69) is 11.1 Å². The Labute approximate surface area is 74.0 Å². The summed E-state index contributed by atoms with van der Waals surface area (Å²) in [5.41, 5.74) is 1.06. The number of thiazole rings is 1. The average Bonchev–Trinajstić information content (AvgIpc) is 2.40. The molecule has 1 unspecified atom stereocenters. The Bertz CT molecular complexity index is 408. The summed E-state index contributed by atoms with van der Waals surface area (Å²) in [6.45, 7) is 2.01. The normalized spacial score (nSPS) is 12.3. The first-order valence-electron chi connectivity index (χ1n) is 3.76. The van der Waals surface area contributed by atoms with Crippen molar-refractivity contribution in [2.75, 3.05) is 7.11 Å². The number of benzene rings is 1. The highest BCUT2D eigenvalue weighted by molar-refractivity contribution is 7.32. The Morgan fingerprint density at radius 3 is 2.83 bits per heavy atom. The largest absolute Gasteiger partial charge is 0.276 e. The lowest BCUT2D eigenvalue weighted by Crippen LogP contribution is -1.80. The Morgan fingerprint density at radius 1 is 1.33 bits per heavy atom. The fraction of sp³-hybridized carbons (Fsp3) is 0.222. The third-order valence-corrected chi connectivity index (χ3v) is 3.48. The van der Waals surface area contributed by atoms with Gasteiger partial charge in [0.15, 0.2) is 10.8 Å². The second-order valence-corrected chi connectivity index (χ2v) is 4.44. The first kappa shape index (κ1) is 7.71. The maximum Gasteiger partial charge on any atom is 0.276 e. The van der Waals surface area contributed by atoms with Gasteiger partial charge in [-0.05, 0) is 6.07 Å². The number of aryl methyl sites for hydroxylation is 1. The molecule has 12 heavy (non-hydrogen) atoms. The summed E-state index contributed by atoms with van der Waals surface area (Å²) in [7, 11) is 1.52. The van der Waals surface area contributed by atoms with E-state index in [1.807, 2.05) is 25.1 Å². The van der Waals surface area contributed by atoms with E-state index >= 15 is 0 Å². The molecule has 2 rings (SSSR count). The lowest BCUT2D eigenvalue weighted by Gasteiger charge is -1.82. The zero-order chi connectivity index (χ0) is 8.55. The van der Waals surface area contributed by atoms with Crippen LogP contribution in [-0.2, 0) is 0 Å². The quantitative estimate of drug-likeness (QED) is 0.628. The molecular formula is C9H10NOS+. The zero-order valence-corrected chi connectivity index (χ0v) is 7.89. The van der Waals surface area contributed by atoms with Crippen LogP contribution in [-0.4, -0.2) is 12.1 Å². The monoisotopic (exact) mass is 180 g/mol. The van der Waals surface area contributed by atoms with Crippen molar-refractivity contribution >= 4 is 21.0 Å². The number of nitrogens with zero attached hydrogens (tertiary/aromatic N) is 1. The standard InChI is InChI=1S/C9H10NOS/c1-7-10-8-5-3-4-6-9(8)12(7)11-2/h3-6H,1-2H3/q+1. The smallest absolute Gasteiger partial charge is 0.194 e. The van der Waals surface area contributed by atoms with Gasteiger partial charge < -0.3 is 0 Å². The Morgan fingerprint density at radius 2 is 2.08 bits per heavy atom. The minimum Gasteiger partial charge on any atom is -0.194 e. The van der Waals surface area contributed by atoms with E-state index < -0.39 is 0 Å². The third-order valence-electron chi connectivity index (χ3n) is 1.78. The van der Waals surface area contributed by atoms with Crippen LogP contribution in [0.4, 0.5) is 0 Å².